The predicted octanol–water partition coefficient (Wildman–Crippen LogP) is 5.38. The molecule has 0 aliphatic carbocycles. The van der Waals surface area contributed by atoms with Crippen LogP contribution in [0.3, 0.4) is 0 Å². The molecule has 5 nitrogen and oxygen atoms in total. The average molecular weight is 419 g/mol. The maximum Gasteiger partial charge on any atom is 0.251 e. The predicted molar refractivity (Wildman–Crippen MR) is 123 cm³/mol. The van der Waals surface area contributed by atoms with Crippen LogP contribution in [0.2, 0.25) is 0 Å². The van der Waals surface area contributed by atoms with Crippen molar-refractivity contribution in [2.45, 2.75) is 53.0 Å². The summed E-state index contributed by atoms with van der Waals surface area (Å²) < 4.78 is 13.3. The number of nitrogens with two attached hydrogens (primary N) is 1. The molecule has 31 heavy (non-hydrogen) atoms. The number of aryl methyl sites for hydroxylation is 1. The Morgan fingerprint density at radius 2 is 1.77 bits per heavy atom. The van der Waals surface area contributed by atoms with Gasteiger partial charge in [0.1, 0.15) is 0 Å². The molecule has 5 heteroatoms. The van der Waals surface area contributed by atoms with Crippen LogP contribution in [-0.4, -0.2) is 17.3 Å². The molecule has 3 aromatic rings. The second-order valence-corrected chi connectivity index (χ2v) is 8.24. The number of rotatable bonds is 8. The van der Waals surface area contributed by atoms with Crippen molar-refractivity contribution < 1.29 is 14.3 Å². The zero-order valence-corrected chi connectivity index (χ0v) is 18.5. The Morgan fingerprint density at radius 1 is 1.03 bits per heavy atom. The van der Waals surface area contributed by atoms with Crippen molar-refractivity contribution in [2.75, 3.05) is 6.79 Å². The summed E-state index contributed by atoms with van der Waals surface area (Å²) in [6.45, 7) is 7.17. The van der Waals surface area contributed by atoms with Gasteiger partial charge in [0.15, 0.2) is 11.5 Å². The van der Waals surface area contributed by atoms with Gasteiger partial charge < -0.3 is 19.8 Å². The van der Waals surface area contributed by atoms with Gasteiger partial charge in [0.05, 0.1) is 5.56 Å². The van der Waals surface area contributed by atoms with Gasteiger partial charge in [0.25, 0.3) is 5.91 Å². The van der Waals surface area contributed by atoms with E-state index in [1.165, 1.54) is 11.3 Å². The van der Waals surface area contributed by atoms with Crippen LogP contribution in [0, 0.1) is 13.8 Å². The summed E-state index contributed by atoms with van der Waals surface area (Å²) in [5.41, 5.74) is 12.9. The number of primary amides is 1. The summed E-state index contributed by atoms with van der Waals surface area (Å²) in [5, 5.41) is 0. The molecule has 4 rings (SSSR count). The molecule has 162 valence electrons. The van der Waals surface area contributed by atoms with E-state index in [1.54, 1.807) is 0 Å². The highest BCUT2D eigenvalue weighted by atomic mass is 16.7. The summed E-state index contributed by atoms with van der Waals surface area (Å²) in [4.78, 5) is 12.6. The third kappa shape index (κ3) is 4.18. The molecule has 0 unspecified atom stereocenters. The number of hydrogen-bond acceptors (Lipinski definition) is 3. The maximum atomic E-state index is 12.6. The number of carbonyl (C=O) groups excluding carboxylic acids is 1. The van der Waals surface area contributed by atoms with Gasteiger partial charge >= 0.3 is 0 Å². The van der Waals surface area contributed by atoms with Gasteiger partial charge in [-0.3, -0.25) is 4.79 Å². The van der Waals surface area contributed by atoms with Crippen molar-refractivity contribution in [3.63, 3.8) is 0 Å². The number of hydrogen-bond donors (Lipinski definition) is 1. The standard InChI is InChI=1S/C26H30N2O3/c1-4-5-6-7-21-25(20-11-8-17(2)9-12-20)24(26(27)29)18(3)28(21)15-19-10-13-22-23(14-19)31-16-30-22/h8-14H,4-7,15-16H2,1-3H3,(H2,27,29). The van der Waals surface area contributed by atoms with Crippen molar-refractivity contribution in [3.8, 4) is 22.6 Å². The minimum Gasteiger partial charge on any atom is -0.454 e. The molecule has 1 aromatic heterocycles. The molecule has 0 bridgehead atoms. The zero-order chi connectivity index (χ0) is 22.0. The number of ether oxygens (including phenoxy) is 2. The van der Waals surface area contributed by atoms with Crippen LogP contribution in [0.4, 0.5) is 0 Å². The van der Waals surface area contributed by atoms with E-state index in [4.69, 9.17) is 15.2 Å². The van der Waals surface area contributed by atoms with Gasteiger partial charge in [-0.15, -0.1) is 0 Å². The van der Waals surface area contributed by atoms with Crippen LogP contribution in [0.1, 0.15) is 59.1 Å². The van der Waals surface area contributed by atoms with Crippen molar-refractivity contribution >= 4 is 5.91 Å². The van der Waals surface area contributed by atoms with Gasteiger partial charge in [-0.05, 0) is 49.9 Å². The minimum absolute atomic E-state index is 0.257. The lowest BCUT2D eigenvalue weighted by atomic mass is 9.96. The van der Waals surface area contributed by atoms with E-state index in [9.17, 15) is 4.79 Å². The SMILES string of the molecule is CCCCCc1c(-c2ccc(C)cc2)c(C(N)=O)c(C)n1Cc1ccc2c(c1)OCO2. The second-order valence-electron chi connectivity index (χ2n) is 8.24. The van der Waals surface area contributed by atoms with Gasteiger partial charge in [0.2, 0.25) is 6.79 Å². The molecule has 0 spiro atoms. The normalized spacial score (nSPS) is 12.4. The van der Waals surface area contributed by atoms with Crippen LogP contribution in [-0.2, 0) is 13.0 Å². The lowest BCUT2D eigenvalue weighted by molar-refractivity contribution is 0.1000. The van der Waals surface area contributed by atoms with E-state index < -0.39 is 0 Å². The summed E-state index contributed by atoms with van der Waals surface area (Å²) in [5.74, 6) is 1.16. The largest absolute Gasteiger partial charge is 0.454 e. The van der Waals surface area contributed by atoms with Crippen LogP contribution < -0.4 is 15.2 Å². The molecule has 0 saturated heterocycles. The Morgan fingerprint density at radius 3 is 2.48 bits per heavy atom. The molecular formula is C26H30N2O3. The minimum atomic E-state index is -0.380. The maximum absolute atomic E-state index is 12.6. The first kappa shape index (κ1) is 21.0. The fourth-order valence-corrected chi connectivity index (χ4v) is 4.37. The second kappa shape index (κ2) is 8.88. The Hall–Kier alpha value is -3.21. The zero-order valence-electron chi connectivity index (χ0n) is 18.5. The number of aromatic nitrogens is 1. The topological polar surface area (TPSA) is 66.5 Å². The summed E-state index contributed by atoms with van der Waals surface area (Å²) in [6.07, 6.45) is 4.26. The molecule has 0 radical (unpaired) electrons. The number of carbonyl (C=O) groups is 1. The highest BCUT2D eigenvalue weighted by Gasteiger charge is 2.25. The van der Waals surface area contributed by atoms with Crippen LogP contribution in [0.15, 0.2) is 42.5 Å². The molecule has 2 aromatic carbocycles. The molecule has 1 amide bonds. The molecule has 1 aliphatic heterocycles. The van der Waals surface area contributed by atoms with Crippen LogP contribution in [0.5, 0.6) is 11.5 Å². The van der Waals surface area contributed by atoms with E-state index in [2.05, 4.69) is 48.7 Å². The Bertz CT molecular complexity index is 1100. The van der Waals surface area contributed by atoms with E-state index >= 15 is 0 Å². The van der Waals surface area contributed by atoms with E-state index in [0.29, 0.717) is 12.1 Å². The smallest absolute Gasteiger partial charge is 0.251 e. The fourth-order valence-electron chi connectivity index (χ4n) is 4.37. The van der Waals surface area contributed by atoms with Crippen molar-refractivity contribution in [3.05, 3.63) is 70.5 Å². The number of benzene rings is 2. The Labute approximate surface area is 183 Å². The quantitative estimate of drug-likeness (QED) is 0.499. The average Bonchev–Trinajstić information content (AvgIpc) is 3.32. The number of unbranched alkanes of at least 4 members (excludes halogenated alkanes) is 2. The van der Waals surface area contributed by atoms with E-state index in [0.717, 1.165) is 59.6 Å². The third-order valence-electron chi connectivity index (χ3n) is 6.01. The number of amides is 1. The first-order valence-corrected chi connectivity index (χ1v) is 11.0. The molecule has 1 aliphatic rings. The van der Waals surface area contributed by atoms with Crippen molar-refractivity contribution in [2.24, 2.45) is 5.73 Å². The van der Waals surface area contributed by atoms with Crippen molar-refractivity contribution in [1.82, 2.24) is 4.57 Å². The molecule has 0 fully saturated rings. The molecule has 2 heterocycles. The summed E-state index contributed by atoms with van der Waals surface area (Å²) in [6, 6.07) is 14.4. The van der Waals surface area contributed by atoms with Crippen molar-refractivity contribution in [1.29, 1.82) is 0 Å². The number of nitrogens with zero attached hydrogens (tertiary/aromatic N) is 1. The highest BCUT2D eigenvalue weighted by molar-refractivity contribution is 6.02. The van der Waals surface area contributed by atoms with Crippen LogP contribution >= 0.6 is 0 Å². The molecular weight excluding hydrogens is 388 g/mol. The summed E-state index contributed by atoms with van der Waals surface area (Å²) >= 11 is 0. The van der Waals surface area contributed by atoms with E-state index in [-0.39, 0.29) is 12.7 Å². The van der Waals surface area contributed by atoms with Gasteiger partial charge in [0, 0.05) is 23.5 Å². The summed E-state index contributed by atoms with van der Waals surface area (Å²) in [7, 11) is 0. The highest BCUT2D eigenvalue weighted by Crippen LogP contribution is 2.36. The molecule has 2 N–H and O–H groups in total. The van der Waals surface area contributed by atoms with Gasteiger partial charge in [-0.2, -0.15) is 0 Å². The molecule has 0 atom stereocenters. The van der Waals surface area contributed by atoms with Gasteiger partial charge in [-0.25, -0.2) is 0 Å². The Kier molecular flexibility index (Phi) is 6.03. The first-order valence-electron chi connectivity index (χ1n) is 11.0. The number of fused-ring (bicyclic) bond motifs is 1. The van der Waals surface area contributed by atoms with E-state index in [1.807, 2.05) is 19.1 Å². The third-order valence-corrected chi connectivity index (χ3v) is 6.01. The molecule has 0 saturated carbocycles. The lowest BCUT2D eigenvalue weighted by Gasteiger charge is -2.14. The van der Waals surface area contributed by atoms with Gasteiger partial charge in [-0.1, -0.05) is 55.7 Å². The Balaban J connectivity index is 1.83. The first-order chi connectivity index (χ1) is 15.0. The lowest BCUT2D eigenvalue weighted by Crippen LogP contribution is -2.13. The fraction of sp³-hybridized carbons (Fsp3) is 0.346. The van der Waals surface area contributed by atoms with Crippen LogP contribution in [0.25, 0.3) is 11.1 Å². The monoisotopic (exact) mass is 418 g/mol.